The minimum Gasteiger partial charge on any atom is -0.495 e. The molecule has 17 heteroatoms. The molecule has 16 nitrogen and oxygen atoms in total. The van der Waals surface area contributed by atoms with E-state index in [2.05, 4.69) is 26.6 Å². The van der Waals surface area contributed by atoms with Crippen molar-refractivity contribution in [3.05, 3.63) is 41.7 Å². The molecule has 0 aliphatic carbocycles. The van der Waals surface area contributed by atoms with E-state index in [-0.39, 0.29) is 23.7 Å². The number of carbonyl (C=O) groups is 5. The molecule has 6 aliphatic rings. The molecule has 4 saturated heterocycles. The van der Waals surface area contributed by atoms with Crippen molar-refractivity contribution in [3.8, 4) is 0 Å². The predicted octanol–water partition coefficient (Wildman–Crippen LogP) is 1.03. The summed E-state index contributed by atoms with van der Waals surface area (Å²) in [7, 11) is 3.17. The normalized spacial score (nSPS) is 32.6. The van der Waals surface area contributed by atoms with Gasteiger partial charge in [0.05, 0.1) is 19.4 Å². The van der Waals surface area contributed by atoms with E-state index >= 15 is 0 Å². The standard InChI is InChI=1S/C37H50N10O6S/c1-6-20(2)30-36(52)47-29(17-22(53-5)19-40-47)35(51)46-27(14-10-16-39-46)37(54)43(4)21(3)33(49)45-26(13-9-15-38-45)34(50)44-28(32(48)42-30)18-24-23-11-7-8-12-25(23)41-31(24)44/h7-8,11-12,17,19-21,24,26-31,38-39,41H,6,9-10,13-16,18H2,1-5H3,(H,42,48)/t20-,21-,24-,26+,27+,28-,29-,30+,31-/m0/s1. The Morgan fingerprint density at radius 3 is 2.31 bits per heavy atom. The van der Waals surface area contributed by atoms with Crippen LogP contribution in [-0.4, -0.2) is 135 Å². The van der Waals surface area contributed by atoms with E-state index in [1.807, 2.05) is 38.1 Å². The fourth-order valence-corrected chi connectivity index (χ4v) is 8.89. The van der Waals surface area contributed by atoms with Gasteiger partial charge < -0.3 is 25.2 Å². The molecule has 1 aromatic rings. The number of carbonyl (C=O) groups excluding carboxylic acids is 5. The minimum atomic E-state index is -1.23. The van der Waals surface area contributed by atoms with Crippen LogP contribution in [0.5, 0.6) is 0 Å². The average molecular weight is 763 g/mol. The molecule has 0 radical (unpaired) electrons. The summed E-state index contributed by atoms with van der Waals surface area (Å²) in [5, 5.41) is 14.9. The molecular formula is C37H50N10O6S. The van der Waals surface area contributed by atoms with Gasteiger partial charge in [0.2, 0.25) is 11.8 Å². The second kappa shape index (κ2) is 15.3. The highest BCUT2D eigenvalue weighted by Crippen LogP contribution is 2.46. The minimum absolute atomic E-state index is 0.202. The van der Waals surface area contributed by atoms with Gasteiger partial charge in [-0.15, -0.1) is 0 Å². The number of thiocarbonyl (C=S) groups is 1. The van der Waals surface area contributed by atoms with E-state index in [0.29, 0.717) is 62.4 Å². The number of hydrazine groups is 2. The van der Waals surface area contributed by atoms with Crippen molar-refractivity contribution in [2.75, 3.05) is 32.6 Å². The number of hydrogen-bond donors (Lipinski definition) is 4. The Kier molecular flexibility index (Phi) is 10.7. The Bertz CT molecular complexity index is 1770. The van der Waals surface area contributed by atoms with Crippen LogP contribution in [0.2, 0.25) is 0 Å². The monoisotopic (exact) mass is 762 g/mol. The molecule has 0 unspecified atom stereocenters. The van der Waals surface area contributed by atoms with Crippen LogP contribution in [0, 0.1) is 5.92 Å². The predicted molar refractivity (Wildman–Crippen MR) is 203 cm³/mol. The van der Waals surface area contributed by atoms with Crippen LogP contribution in [0.15, 0.2) is 41.2 Å². The molecule has 290 valence electrons. The number of benzene rings is 1. The van der Waals surface area contributed by atoms with Gasteiger partial charge in [0.15, 0.2) is 6.04 Å². The van der Waals surface area contributed by atoms with Gasteiger partial charge >= 0.3 is 0 Å². The lowest BCUT2D eigenvalue weighted by atomic mass is 9.94. The van der Waals surface area contributed by atoms with Crippen LogP contribution in [0.1, 0.15) is 70.8 Å². The van der Waals surface area contributed by atoms with E-state index in [0.717, 1.165) is 16.3 Å². The Hall–Kier alpha value is -4.61. The summed E-state index contributed by atoms with van der Waals surface area (Å²) in [4.78, 5) is 76.9. The van der Waals surface area contributed by atoms with Crippen molar-refractivity contribution in [1.29, 1.82) is 0 Å². The Labute approximate surface area is 320 Å². The maximum atomic E-state index is 15.0. The number of para-hydroxylation sites is 1. The zero-order valence-electron chi connectivity index (χ0n) is 31.4. The zero-order chi connectivity index (χ0) is 38.4. The van der Waals surface area contributed by atoms with Gasteiger partial charge in [-0.05, 0) is 62.7 Å². The molecule has 5 amide bonds. The average Bonchev–Trinajstić information content (AvgIpc) is 3.76. The third-order valence-corrected chi connectivity index (χ3v) is 12.5. The molecule has 9 atom stereocenters. The summed E-state index contributed by atoms with van der Waals surface area (Å²) >= 11 is 6.02. The molecule has 0 saturated carbocycles. The van der Waals surface area contributed by atoms with Crippen molar-refractivity contribution in [2.45, 2.75) is 108 Å². The first-order valence-corrected chi connectivity index (χ1v) is 19.4. The van der Waals surface area contributed by atoms with Crippen molar-refractivity contribution >= 4 is 58.6 Å². The van der Waals surface area contributed by atoms with Crippen LogP contribution in [0.25, 0.3) is 0 Å². The number of nitrogens with one attached hydrogen (secondary N) is 4. The van der Waals surface area contributed by atoms with Crippen LogP contribution in [0.3, 0.4) is 0 Å². The van der Waals surface area contributed by atoms with E-state index in [9.17, 15) is 24.0 Å². The number of hydrazone groups is 1. The molecule has 54 heavy (non-hydrogen) atoms. The van der Waals surface area contributed by atoms with Crippen LogP contribution in [-0.2, 0) is 28.7 Å². The van der Waals surface area contributed by atoms with Gasteiger partial charge in [0.1, 0.15) is 41.1 Å². The second-order valence-electron chi connectivity index (χ2n) is 15.0. The van der Waals surface area contributed by atoms with Crippen molar-refractivity contribution < 1.29 is 28.7 Å². The summed E-state index contributed by atoms with van der Waals surface area (Å²) in [5.74, 6) is -2.56. The quantitative estimate of drug-likeness (QED) is 0.325. The summed E-state index contributed by atoms with van der Waals surface area (Å²) < 4.78 is 5.45. The number of allylic oxidation sites excluding steroid dienone is 1. The summed E-state index contributed by atoms with van der Waals surface area (Å²) in [5.41, 5.74) is 8.25. The number of amides is 5. The van der Waals surface area contributed by atoms with E-state index < -0.39 is 60.1 Å². The topological polar surface area (TPSA) is 171 Å². The first-order chi connectivity index (χ1) is 26.0. The molecule has 4 N–H and O–H groups in total. The molecule has 0 aromatic heterocycles. The maximum Gasteiger partial charge on any atom is 0.266 e. The number of likely N-dealkylation sites (N-methyl/N-ethyl adjacent to an activating group) is 1. The molecule has 6 heterocycles. The molecule has 1 aromatic carbocycles. The largest absolute Gasteiger partial charge is 0.495 e. The van der Waals surface area contributed by atoms with E-state index in [4.69, 9.17) is 17.0 Å². The second-order valence-corrected chi connectivity index (χ2v) is 15.4. The first kappa shape index (κ1) is 37.7. The molecule has 0 spiro atoms. The Morgan fingerprint density at radius 2 is 1.61 bits per heavy atom. The fraction of sp³-hybridized carbons (Fsp3) is 0.595. The number of ether oxygens (including phenoxy) is 1. The van der Waals surface area contributed by atoms with Gasteiger partial charge in [-0.25, -0.2) is 15.9 Å². The number of fused-ring (bicyclic) bond motifs is 8. The third-order valence-electron chi connectivity index (χ3n) is 11.9. The lowest BCUT2D eigenvalue weighted by Gasteiger charge is -2.44. The molecule has 4 fully saturated rings. The van der Waals surface area contributed by atoms with Crippen molar-refractivity contribution in [3.63, 3.8) is 0 Å². The number of methoxy groups -OCH3 is 1. The van der Waals surface area contributed by atoms with Crippen molar-refractivity contribution in [1.82, 2.24) is 41.0 Å². The van der Waals surface area contributed by atoms with Gasteiger partial charge in [-0.1, -0.05) is 50.7 Å². The molecule has 6 aliphatic heterocycles. The SMILES string of the molecule is CC[C@H](C)[C@H]1NC(=O)[C@@H]2C[C@H]3c4ccccc4N[C@H]3N2C(=O)[C@H]2CCCNN2C(=O)[C@H](C)N(C)C(=S)[C@H]2CCCNN2C(=O)[C@@H]2C=C(OC)C=NN2C1=O. The summed E-state index contributed by atoms with van der Waals surface area (Å²) in [6, 6.07) is 2.16. The summed E-state index contributed by atoms with van der Waals surface area (Å²) in [6.07, 6.45) is 5.42. The lowest BCUT2D eigenvalue weighted by molar-refractivity contribution is -0.157. The Morgan fingerprint density at radius 1 is 0.926 bits per heavy atom. The number of hydrogen-bond acceptors (Lipinski definition) is 11. The summed E-state index contributed by atoms with van der Waals surface area (Å²) in [6.45, 7) is 6.47. The van der Waals surface area contributed by atoms with Crippen LogP contribution >= 0.6 is 12.2 Å². The van der Waals surface area contributed by atoms with E-state index in [1.54, 1.807) is 23.8 Å². The molecule has 7 rings (SSSR count). The third kappa shape index (κ3) is 6.49. The number of nitrogens with zero attached hydrogens (tertiary/aromatic N) is 6. The van der Waals surface area contributed by atoms with Crippen molar-refractivity contribution in [2.24, 2.45) is 11.0 Å². The molecular weight excluding hydrogens is 713 g/mol. The van der Waals surface area contributed by atoms with Gasteiger partial charge in [-0.2, -0.15) is 5.10 Å². The van der Waals surface area contributed by atoms with E-state index in [1.165, 1.54) is 29.4 Å². The number of rotatable bonds is 3. The Balaban J connectivity index is 1.33. The molecule has 0 bridgehead atoms. The highest BCUT2D eigenvalue weighted by Gasteiger charge is 2.54. The fourth-order valence-electron chi connectivity index (χ4n) is 8.51. The maximum absolute atomic E-state index is 15.0. The number of anilines is 1. The first-order valence-electron chi connectivity index (χ1n) is 19.0. The highest BCUT2D eigenvalue weighted by atomic mass is 32.1. The van der Waals surface area contributed by atoms with Crippen LogP contribution < -0.4 is 21.5 Å². The van der Waals surface area contributed by atoms with Crippen LogP contribution in [0.4, 0.5) is 5.69 Å². The van der Waals surface area contributed by atoms with Gasteiger partial charge in [0.25, 0.3) is 17.7 Å². The lowest BCUT2D eigenvalue weighted by Crippen LogP contribution is -2.67. The van der Waals surface area contributed by atoms with Gasteiger partial charge in [0, 0.05) is 31.7 Å². The van der Waals surface area contributed by atoms with Gasteiger partial charge in [-0.3, -0.25) is 34.0 Å². The smallest absolute Gasteiger partial charge is 0.266 e. The highest BCUT2D eigenvalue weighted by molar-refractivity contribution is 7.80. The zero-order valence-corrected chi connectivity index (χ0v) is 32.2.